The second-order valence-corrected chi connectivity index (χ2v) is 6.49. The maximum atomic E-state index is 13.4. The molecule has 1 aromatic heterocycles. The van der Waals surface area contributed by atoms with Gasteiger partial charge in [-0.1, -0.05) is 12.1 Å². The van der Waals surface area contributed by atoms with E-state index in [4.69, 9.17) is 14.2 Å². The lowest BCUT2D eigenvalue weighted by Crippen LogP contribution is -2.19. The number of methoxy groups -OCH3 is 1. The fourth-order valence-electron chi connectivity index (χ4n) is 3.06. The van der Waals surface area contributed by atoms with E-state index < -0.39 is 0 Å². The lowest BCUT2D eigenvalue weighted by molar-refractivity contribution is 0.146. The molecule has 0 fully saturated rings. The molecule has 0 unspecified atom stereocenters. The van der Waals surface area contributed by atoms with Crippen molar-refractivity contribution < 1.29 is 18.6 Å². The van der Waals surface area contributed by atoms with Gasteiger partial charge >= 0.3 is 0 Å². The van der Waals surface area contributed by atoms with Gasteiger partial charge in [-0.15, -0.1) is 0 Å². The number of rotatable bonds is 8. The fourth-order valence-corrected chi connectivity index (χ4v) is 3.06. The Morgan fingerprint density at radius 1 is 1.00 bits per heavy atom. The molecule has 0 aliphatic rings. The van der Waals surface area contributed by atoms with Crippen LogP contribution in [-0.4, -0.2) is 31.5 Å². The molecular weight excluding hydrogens is 373 g/mol. The van der Waals surface area contributed by atoms with Crippen molar-refractivity contribution in [3.63, 3.8) is 0 Å². The van der Waals surface area contributed by atoms with Crippen molar-refractivity contribution in [3.8, 4) is 28.3 Å². The molecule has 2 aromatic carbocycles. The largest absolute Gasteiger partial charge is 0.494 e. The first kappa shape index (κ1) is 20.6. The number of benzene rings is 2. The summed E-state index contributed by atoms with van der Waals surface area (Å²) >= 11 is 0. The Morgan fingerprint density at radius 2 is 1.76 bits per heavy atom. The van der Waals surface area contributed by atoms with Crippen LogP contribution in [0.4, 0.5) is 4.39 Å². The Bertz CT molecular complexity index is 1030. The minimum Gasteiger partial charge on any atom is -0.494 e. The number of halogens is 1. The van der Waals surface area contributed by atoms with Crippen LogP contribution in [0.15, 0.2) is 59.5 Å². The Labute approximate surface area is 169 Å². The van der Waals surface area contributed by atoms with Crippen LogP contribution in [-0.2, 0) is 4.74 Å². The normalized spacial score (nSPS) is 10.8. The number of pyridine rings is 1. The van der Waals surface area contributed by atoms with E-state index in [2.05, 4.69) is 0 Å². The Hall–Kier alpha value is -3.12. The third kappa shape index (κ3) is 4.84. The molecule has 0 saturated heterocycles. The van der Waals surface area contributed by atoms with E-state index >= 15 is 0 Å². The van der Waals surface area contributed by atoms with Crippen LogP contribution >= 0.6 is 0 Å². The van der Waals surface area contributed by atoms with Crippen molar-refractivity contribution in [3.05, 3.63) is 76.5 Å². The minimum atomic E-state index is -0.328. The van der Waals surface area contributed by atoms with E-state index in [1.165, 1.54) is 18.2 Å². The molecule has 0 bridgehead atoms. The first-order valence-corrected chi connectivity index (χ1v) is 9.41. The molecule has 6 heteroatoms. The maximum absolute atomic E-state index is 13.4. The van der Waals surface area contributed by atoms with E-state index in [0.29, 0.717) is 31.1 Å². The molecule has 1 heterocycles. The molecular formula is C23H24FNO4. The molecule has 3 aromatic rings. The highest BCUT2D eigenvalue weighted by Crippen LogP contribution is 2.30. The molecule has 3 rings (SSSR count). The number of ether oxygens (including phenoxy) is 3. The Morgan fingerprint density at radius 3 is 2.41 bits per heavy atom. The molecule has 0 saturated carbocycles. The maximum Gasteiger partial charge on any atom is 0.258 e. The molecule has 0 amide bonds. The number of nitrogens with zero attached hydrogens (tertiary/aromatic N) is 1. The molecule has 0 aliphatic carbocycles. The third-order valence-corrected chi connectivity index (χ3v) is 4.45. The second kappa shape index (κ2) is 9.39. The van der Waals surface area contributed by atoms with Gasteiger partial charge in [0.25, 0.3) is 5.56 Å². The molecule has 5 nitrogen and oxygen atoms in total. The predicted molar refractivity (Wildman–Crippen MR) is 111 cm³/mol. The molecule has 29 heavy (non-hydrogen) atoms. The highest BCUT2D eigenvalue weighted by molar-refractivity contribution is 5.70. The summed E-state index contributed by atoms with van der Waals surface area (Å²) in [5, 5.41) is 0. The minimum absolute atomic E-state index is 0.226. The number of aryl methyl sites for hydroxylation is 1. The number of aromatic nitrogens is 1. The van der Waals surface area contributed by atoms with Crippen LogP contribution in [0.25, 0.3) is 16.8 Å². The fraction of sp³-hybridized carbons (Fsp3) is 0.261. The SMILES string of the molecule is CCOc1ccc(-n2cc(-c3ccc(F)cc3)c(OCCOC)cc2=O)c(C)c1. The second-order valence-electron chi connectivity index (χ2n) is 6.49. The standard InChI is InChI=1S/C23H24FNO4/c1-4-28-19-9-10-21(16(2)13-19)25-15-20(17-5-7-18(24)8-6-17)22(14-23(25)26)29-12-11-27-3/h5-10,13-15H,4,11-12H2,1-3H3. The molecule has 0 radical (unpaired) electrons. The van der Waals surface area contributed by atoms with Gasteiger partial charge < -0.3 is 14.2 Å². The van der Waals surface area contributed by atoms with E-state index in [-0.39, 0.29) is 11.4 Å². The summed E-state index contributed by atoms with van der Waals surface area (Å²) in [6, 6.07) is 13.1. The summed E-state index contributed by atoms with van der Waals surface area (Å²) in [5.41, 5.74) is 2.85. The van der Waals surface area contributed by atoms with Gasteiger partial charge in [0, 0.05) is 24.9 Å². The predicted octanol–water partition coefficient (Wildman–Crippen LogP) is 4.38. The van der Waals surface area contributed by atoms with Gasteiger partial charge in [0.2, 0.25) is 0 Å². The van der Waals surface area contributed by atoms with Crippen LogP contribution in [0.5, 0.6) is 11.5 Å². The summed E-state index contributed by atoms with van der Waals surface area (Å²) in [6.07, 6.45) is 1.72. The quantitative estimate of drug-likeness (QED) is 0.530. The van der Waals surface area contributed by atoms with Gasteiger partial charge in [0.1, 0.15) is 23.9 Å². The topological polar surface area (TPSA) is 49.7 Å². The molecule has 0 N–H and O–H groups in total. The first-order chi connectivity index (χ1) is 14.0. The molecule has 0 atom stereocenters. The van der Waals surface area contributed by atoms with Gasteiger partial charge in [-0.25, -0.2) is 4.39 Å². The monoisotopic (exact) mass is 397 g/mol. The summed E-state index contributed by atoms with van der Waals surface area (Å²) in [5.74, 6) is 0.852. The molecule has 0 aliphatic heterocycles. The van der Waals surface area contributed by atoms with Crippen molar-refractivity contribution in [1.82, 2.24) is 4.57 Å². The average Bonchev–Trinajstić information content (AvgIpc) is 2.70. The summed E-state index contributed by atoms with van der Waals surface area (Å²) in [7, 11) is 1.58. The highest BCUT2D eigenvalue weighted by atomic mass is 19.1. The number of hydrogen-bond donors (Lipinski definition) is 0. The van der Waals surface area contributed by atoms with E-state index in [0.717, 1.165) is 22.6 Å². The summed E-state index contributed by atoms with van der Waals surface area (Å²) in [4.78, 5) is 12.8. The lowest BCUT2D eigenvalue weighted by Gasteiger charge is -2.16. The van der Waals surface area contributed by atoms with Gasteiger partial charge in [0.05, 0.1) is 18.9 Å². The third-order valence-electron chi connectivity index (χ3n) is 4.45. The van der Waals surface area contributed by atoms with Crippen LogP contribution < -0.4 is 15.0 Å². The zero-order chi connectivity index (χ0) is 20.8. The first-order valence-electron chi connectivity index (χ1n) is 9.41. The van der Waals surface area contributed by atoms with Crippen molar-refractivity contribution in [2.24, 2.45) is 0 Å². The van der Waals surface area contributed by atoms with Gasteiger partial charge in [-0.05, 0) is 55.3 Å². The summed E-state index contributed by atoms with van der Waals surface area (Å²) < 4.78 is 31.3. The van der Waals surface area contributed by atoms with Crippen molar-refractivity contribution >= 4 is 0 Å². The molecule has 152 valence electrons. The lowest BCUT2D eigenvalue weighted by atomic mass is 10.1. The van der Waals surface area contributed by atoms with Gasteiger partial charge in [-0.2, -0.15) is 0 Å². The van der Waals surface area contributed by atoms with E-state index in [9.17, 15) is 9.18 Å². The highest BCUT2D eigenvalue weighted by Gasteiger charge is 2.13. The average molecular weight is 397 g/mol. The van der Waals surface area contributed by atoms with Crippen molar-refractivity contribution in [1.29, 1.82) is 0 Å². The Balaban J connectivity index is 2.10. The van der Waals surface area contributed by atoms with Gasteiger partial charge in [0.15, 0.2) is 0 Å². The van der Waals surface area contributed by atoms with Crippen LogP contribution in [0.3, 0.4) is 0 Å². The van der Waals surface area contributed by atoms with Crippen molar-refractivity contribution in [2.45, 2.75) is 13.8 Å². The zero-order valence-corrected chi connectivity index (χ0v) is 16.8. The molecule has 0 spiro atoms. The Kier molecular flexibility index (Phi) is 6.67. The number of hydrogen-bond acceptors (Lipinski definition) is 4. The van der Waals surface area contributed by atoms with Crippen LogP contribution in [0, 0.1) is 12.7 Å². The zero-order valence-electron chi connectivity index (χ0n) is 16.8. The van der Waals surface area contributed by atoms with Crippen molar-refractivity contribution in [2.75, 3.05) is 26.9 Å². The van der Waals surface area contributed by atoms with E-state index in [1.807, 2.05) is 32.0 Å². The van der Waals surface area contributed by atoms with Gasteiger partial charge in [-0.3, -0.25) is 9.36 Å². The smallest absolute Gasteiger partial charge is 0.258 e. The summed E-state index contributed by atoms with van der Waals surface area (Å²) in [6.45, 7) is 5.11. The van der Waals surface area contributed by atoms with E-state index in [1.54, 1.807) is 30.0 Å². The van der Waals surface area contributed by atoms with Crippen LogP contribution in [0.1, 0.15) is 12.5 Å². The van der Waals surface area contributed by atoms with Crippen LogP contribution in [0.2, 0.25) is 0 Å².